The first-order valence-electron chi connectivity index (χ1n) is 8.13. The summed E-state index contributed by atoms with van der Waals surface area (Å²) in [4.78, 5) is 23.8. The third-order valence-electron chi connectivity index (χ3n) is 3.93. The summed E-state index contributed by atoms with van der Waals surface area (Å²) in [6, 6.07) is 12.8. The summed E-state index contributed by atoms with van der Waals surface area (Å²) in [5.41, 5.74) is 2.85. The first kappa shape index (κ1) is 18.5. The van der Waals surface area contributed by atoms with Gasteiger partial charge in [0.25, 0.3) is 5.91 Å². The molecule has 1 amide bonds. The van der Waals surface area contributed by atoms with E-state index in [0.29, 0.717) is 28.5 Å². The van der Waals surface area contributed by atoms with E-state index in [9.17, 15) is 9.59 Å². The predicted octanol–water partition coefficient (Wildman–Crippen LogP) is 3.92. The minimum atomic E-state index is -0.435. The molecule has 2 rings (SSSR count). The van der Waals surface area contributed by atoms with Gasteiger partial charge in [-0.1, -0.05) is 32.0 Å². The Kier molecular flexibility index (Phi) is 6.17. The largest absolute Gasteiger partial charge is 0.484 e. The Morgan fingerprint density at radius 3 is 2.36 bits per heavy atom. The zero-order valence-electron chi connectivity index (χ0n) is 15.0. The number of carbonyl (C=O) groups excluding carboxylic acids is 2. The number of methoxy groups -OCH3 is 1. The molecule has 5 nitrogen and oxygen atoms in total. The van der Waals surface area contributed by atoms with Crippen molar-refractivity contribution < 1.29 is 19.1 Å². The molecule has 132 valence electrons. The van der Waals surface area contributed by atoms with Gasteiger partial charge in [0, 0.05) is 5.69 Å². The summed E-state index contributed by atoms with van der Waals surface area (Å²) in [5, 5.41) is 2.76. The van der Waals surface area contributed by atoms with Crippen molar-refractivity contribution in [1.82, 2.24) is 0 Å². The van der Waals surface area contributed by atoms with Crippen LogP contribution in [0.3, 0.4) is 0 Å². The number of rotatable bonds is 6. The van der Waals surface area contributed by atoms with Gasteiger partial charge in [-0.15, -0.1) is 0 Å². The lowest BCUT2D eigenvalue weighted by Crippen LogP contribution is -2.21. The van der Waals surface area contributed by atoms with Crippen LogP contribution in [-0.2, 0) is 9.53 Å². The van der Waals surface area contributed by atoms with Crippen molar-refractivity contribution in [1.29, 1.82) is 0 Å². The van der Waals surface area contributed by atoms with Crippen molar-refractivity contribution in [2.45, 2.75) is 26.7 Å². The predicted molar refractivity (Wildman–Crippen MR) is 97.2 cm³/mol. The second-order valence-electron chi connectivity index (χ2n) is 6.03. The monoisotopic (exact) mass is 341 g/mol. The fourth-order valence-corrected chi connectivity index (χ4v) is 2.39. The Morgan fingerprint density at radius 2 is 1.76 bits per heavy atom. The lowest BCUT2D eigenvalue weighted by molar-refractivity contribution is -0.118. The quantitative estimate of drug-likeness (QED) is 0.809. The average molecular weight is 341 g/mol. The molecule has 0 unspecified atom stereocenters. The number of esters is 1. The van der Waals surface area contributed by atoms with Crippen molar-refractivity contribution in [2.24, 2.45) is 0 Å². The second kappa shape index (κ2) is 8.33. The van der Waals surface area contributed by atoms with E-state index in [2.05, 4.69) is 19.2 Å². The van der Waals surface area contributed by atoms with Crippen LogP contribution in [0, 0.1) is 6.92 Å². The number of benzene rings is 2. The van der Waals surface area contributed by atoms with E-state index in [4.69, 9.17) is 9.47 Å². The zero-order chi connectivity index (χ0) is 18.4. The molecule has 0 saturated heterocycles. The Balaban J connectivity index is 1.97. The van der Waals surface area contributed by atoms with Gasteiger partial charge < -0.3 is 14.8 Å². The molecule has 0 heterocycles. The molecule has 0 saturated carbocycles. The van der Waals surface area contributed by atoms with E-state index < -0.39 is 5.97 Å². The molecule has 0 atom stereocenters. The third kappa shape index (κ3) is 4.83. The lowest BCUT2D eigenvalue weighted by Gasteiger charge is -2.12. The number of hydrogen-bond acceptors (Lipinski definition) is 4. The fraction of sp³-hybridized carbons (Fsp3) is 0.300. The van der Waals surface area contributed by atoms with Gasteiger partial charge in [0.1, 0.15) is 5.75 Å². The van der Waals surface area contributed by atoms with E-state index >= 15 is 0 Å². The average Bonchev–Trinajstić information content (AvgIpc) is 2.61. The van der Waals surface area contributed by atoms with Crippen LogP contribution in [0.25, 0.3) is 0 Å². The van der Waals surface area contributed by atoms with Crippen LogP contribution in [-0.4, -0.2) is 25.6 Å². The van der Waals surface area contributed by atoms with Crippen molar-refractivity contribution in [3.8, 4) is 5.75 Å². The van der Waals surface area contributed by atoms with E-state index in [1.807, 2.05) is 24.3 Å². The van der Waals surface area contributed by atoms with Crippen LogP contribution in [0.15, 0.2) is 42.5 Å². The van der Waals surface area contributed by atoms with E-state index in [1.54, 1.807) is 25.1 Å². The van der Waals surface area contributed by atoms with Crippen molar-refractivity contribution in [2.75, 3.05) is 19.0 Å². The number of anilines is 1. The maximum absolute atomic E-state index is 12.1. The molecular weight excluding hydrogens is 318 g/mol. The van der Waals surface area contributed by atoms with Crippen LogP contribution in [0.1, 0.15) is 41.3 Å². The highest BCUT2D eigenvalue weighted by molar-refractivity contribution is 5.97. The Morgan fingerprint density at radius 1 is 1.08 bits per heavy atom. The van der Waals surface area contributed by atoms with Crippen LogP contribution in [0.4, 0.5) is 5.69 Å². The summed E-state index contributed by atoms with van der Waals surface area (Å²) < 4.78 is 10.2. The lowest BCUT2D eigenvalue weighted by atomic mass is 10.0. The Bertz CT molecular complexity index is 751. The van der Waals surface area contributed by atoms with E-state index in [0.717, 1.165) is 0 Å². The summed E-state index contributed by atoms with van der Waals surface area (Å²) in [5.74, 6) is 0.357. The fourth-order valence-electron chi connectivity index (χ4n) is 2.39. The van der Waals surface area contributed by atoms with Gasteiger partial charge in [0.15, 0.2) is 6.61 Å². The molecule has 1 N–H and O–H groups in total. The smallest absolute Gasteiger partial charge is 0.338 e. The summed E-state index contributed by atoms with van der Waals surface area (Å²) >= 11 is 0. The topological polar surface area (TPSA) is 64.6 Å². The van der Waals surface area contributed by atoms with Gasteiger partial charge >= 0.3 is 5.97 Å². The van der Waals surface area contributed by atoms with Crippen molar-refractivity contribution in [3.05, 3.63) is 59.2 Å². The van der Waals surface area contributed by atoms with Crippen molar-refractivity contribution >= 4 is 17.6 Å². The van der Waals surface area contributed by atoms with Gasteiger partial charge in [0.05, 0.1) is 12.7 Å². The molecular formula is C20H23NO4. The number of carbonyl (C=O) groups is 2. The molecule has 0 spiro atoms. The van der Waals surface area contributed by atoms with Crippen LogP contribution in [0.5, 0.6) is 5.75 Å². The Hall–Kier alpha value is -2.82. The summed E-state index contributed by atoms with van der Waals surface area (Å²) in [6.45, 7) is 5.89. The molecule has 5 heteroatoms. The van der Waals surface area contributed by atoms with Gasteiger partial charge in [-0.25, -0.2) is 4.79 Å². The highest BCUT2D eigenvalue weighted by atomic mass is 16.5. The van der Waals surface area contributed by atoms with E-state index in [-0.39, 0.29) is 12.5 Å². The van der Waals surface area contributed by atoms with Crippen LogP contribution >= 0.6 is 0 Å². The summed E-state index contributed by atoms with van der Waals surface area (Å²) in [6.07, 6.45) is 0. The molecule has 2 aromatic carbocycles. The standard InChI is InChI=1S/C20H23NO4/c1-13(2)15-8-10-16(11-9-15)25-12-19(22)21-18-7-5-6-17(14(18)3)20(23)24-4/h5-11,13H,12H2,1-4H3,(H,21,22). The van der Waals surface area contributed by atoms with Crippen LogP contribution < -0.4 is 10.1 Å². The van der Waals surface area contributed by atoms with Gasteiger partial charge in [-0.2, -0.15) is 0 Å². The molecule has 2 aromatic rings. The molecule has 0 radical (unpaired) electrons. The molecule has 0 aliphatic carbocycles. The molecule has 0 aromatic heterocycles. The molecule has 0 aliphatic rings. The highest BCUT2D eigenvalue weighted by Gasteiger charge is 2.13. The molecule has 0 bridgehead atoms. The van der Waals surface area contributed by atoms with Gasteiger partial charge in [-0.05, 0) is 48.2 Å². The first-order chi connectivity index (χ1) is 11.9. The normalized spacial score (nSPS) is 10.4. The minimum absolute atomic E-state index is 0.108. The SMILES string of the molecule is COC(=O)c1cccc(NC(=O)COc2ccc(C(C)C)cc2)c1C. The van der Waals surface area contributed by atoms with E-state index in [1.165, 1.54) is 12.7 Å². The van der Waals surface area contributed by atoms with Crippen molar-refractivity contribution in [3.63, 3.8) is 0 Å². The Labute approximate surface area is 148 Å². The zero-order valence-corrected chi connectivity index (χ0v) is 15.0. The second-order valence-corrected chi connectivity index (χ2v) is 6.03. The molecule has 0 aliphatic heterocycles. The van der Waals surface area contributed by atoms with Gasteiger partial charge in [-0.3, -0.25) is 4.79 Å². The number of hydrogen-bond donors (Lipinski definition) is 1. The summed E-state index contributed by atoms with van der Waals surface area (Å²) in [7, 11) is 1.32. The minimum Gasteiger partial charge on any atom is -0.484 e. The number of nitrogens with one attached hydrogen (secondary N) is 1. The van der Waals surface area contributed by atoms with Gasteiger partial charge in [0.2, 0.25) is 0 Å². The number of amides is 1. The maximum atomic E-state index is 12.1. The molecule has 0 fully saturated rings. The first-order valence-corrected chi connectivity index (χ1v) is 8.13. The number of ether oxygens (including phenoxy) is 2. The molecule has 25 heavy (non-hydrogen) atoms. The van der Waals surface area contributed by atoms with Crippen LogP contribution in [0.2, 0.25) is 0 Å². The highest BCUT2D eigenvalue weighted by Crippen LogP contribution is 2.20. The third-order valence-corrected chi connectivity index (χ3v) is 3.93. The maximum Gasteiger partial charge on any atom is 0.338 e.